The van der Waals surface area contributed by atoms with Crippen molar-refractivity contribution in [3.05, 3.63) is 51.5 Å². The molecule has 0 aliphatic heterocycles. The summed E-state index contributed by atoms with van der Waals surface area (Å²) in [6.45, 7) is 4.13. The SMILES string of the molecule is Cc1cc2nc(NC(=S)Nc3ccc(Cl)c(Cl)c3)[nH]c2cc1C. The Morgan fingerprint density at radius 1 is 1.04 bits per heavy atom. The molecule has 0 saturated carbocycles. The number of hydrogen-bond donors (Lipinski definition) is 3. The van der Waals surface area contributed by atoms with Gasteiger partial charge in [-0.05, 0) is 67.5 Å². The van der Waals surface area contributed by atoms with Crippen molar-refractivity contribution >= 4 is 63.2 Å². The molecule has 0 atom stereocenters. The van der Waals surface area contributed by atoms with Gasteiger partial charge in [0, 0.05) is 5.69 Å². The van der Waals surface area contributed by atoms with E-state index >= 15 is 0 Å². The van der Waals surface area contributed by atoms with E-state index in [0.29, 0.717) is 21.1 Å². The van der Waals surface area contributed by atoms with E-state index in [0.717, 1.165) is 16.7 Å². The zero-order valence-corrected chi connectivity index (χ0v) is 14.8. The van der Waals surface area contributed by atoms with Crippen molar-refractivity contribution in [3.8, 4) is 0 Å². The number of halogens is 2. The van der Waals surface area contributed by atoms with Gasteiger partial charge in [-0.15, -0.1) is 0 Å². The van der Waals surface area contributed by atoms with E-state index in [4.69, 9.17) is 35.4 Å². The van der Waals surface area contributed by atoms with Gasteiger partial charge in [0.2, 0.25) is 5.95 Å². The van der Waals surface area contributed by atoms with E-state index in [-0.39, 0.29) is 0 Å². The Labute approximate surface area is 149 Å². The third kappa shape index (κ3) is 3.58. The molecule has 0 amide bonds. The van der Waals surface area contributed by atoms with Crippen molar-refractivity contribution in [1.29, 1.82) is 0 Å². The highest BCUT2D eigenvalue weighted by atomic mass is 35.5. The average Bonchev–Trinajstić information content (AvgIpc) is 2.84. The van der Waals surface area contributed by atoms with Crippen molar-refractivity contribution in [3.63, 3.8) is 0 Å². The number of aromatic amines is 1. The van der Waals surface area contributed by atoms with Gasteiger partial charge in [0.05, 0.1) is 21.1 Å². The monoisotopic (exact) mass is 364 g/mol. The van der Waals surface area contributed by atoms with Crippen LogP contribution in [-0.4, -0.2) is 15.1 Å². The molecule has 0 saturated heterocycles. The molecule has 0 bridgehead atoms. The molecular formula is C16H14Cl2N4S. The summed E-state index contributed by atoms with van der Waals surface area (Å²) in [6.07, 6.45) is 0. The van der Waals surface area contributed by atoms with Crippen LogP contribution in [0.15, 0.2) is 30.3 Å². The van der Waals surface area contributed by atoms with Gasteiger partial charge in [-0.25, -0.2) is 4.98 Å². The van der Waals surface area contributed by atoms with Crippen LogP contribution in [0.25, 0.3) is 11.0 Å². The number of aromatic nitrogens is 2. The van der Waals surface area contributed by atoms with Gasteiger partial charge in [-0.2, -0.15) is 0 Å². The first-order valence-electron chi connectivity index (χ1n) is 6.92. The van der Waals surface area contributed by atoms with Crippen LogP contribution in [-0.2, 0) is 0 Å². The Morgan fingerprint density at radius 3 is 2.52 bits per heavy atom. The first-order valence-corrected chi connectivity index (χ1v) is 8.09. The van der Waals surface area contributed by atoms with E-state index in [1.165, 1.54) is 11.1 Å². The van der Waals surface area contributed by atoms with Gasteiger partial charge in [-0.1, -0.05) is 23.2 Å². The molecule has 1 heterocycles. The second-order valence-corrected chi connectivity index (χ2v) is 6.47. The van der Waals surface area contributed by atoms with Gasteiger partial charge < -0.3 is 15.6 Å². The zero-order chi connectivity index (χ0) is 16.6. The molecule has 23 heavy (non-hydrogen) atoms. The van der Waals surface area contributed by atoms with Crippen LogP contribution in [0.2, 0.25) is 10.0 Å². The summed E-state index contributed by atoms with van der Waals surface area (Å²) >= 11 is 17.2. The van der Waals surface area contributed by atoms with Crippen LogP contribution < -0.4 is 10.6 Å². The van der Waals surface area contributed by atoms with Gasteiger partial charge in [-0.3, -0.25) is 0 Å². The first-order chi connectivity index (χ1) is 10.9. The molecule has 4 nitrogen and oxygen atoms in total. The van der Waals surface area contributed by atoms with Crippen LogP contribution in [0, 0.1) is 13.8 Å². The lowest BCUT2D eigenvalue weighted by Gasteiger charge is -2.09. The van der Waals surface area contributed by atoms with Crippen molar-refractivity contribution in [2.75, 3.05) is 10.6 Å². The number of fused-ring (bicyclic) bond motifs is 1. The highest BCUT2D eigenvalue weighted by molar-refractivity contribution is 7.80. The molecule has 0 aliphatic carbocycles. The minimum atomic E-state index is 0.413. The molecule has 2 aromatic carbocycles. The van der Waals surface area contributed by atoms with E-state index < -0.39 is 0 Å². The molecule has 0 fully saturated rings. The topological polar surface area (TPSA) is 52.7 Å². The number of H-pyrrole nitrogens is 1. The number of rotatable bonds is 2. The molecule has 118 valence electrons. The van der Waals surface area contributed by atoms with Crippen LogP contribution in [0.5, 0.6) is 0 Å². The number of nitrogens with one attached hydrogen (secondary N) is 3. The Kier molecular flexibility index (Phi) is 4.43. The number of nitrogens with zero attached hydrogens (tertiary/aromatic N) is 1. The van der Waals surface area contributed by atoms with Crippen molar-refractivity contribution in [2.24, 2.45) is 0 Å². The van der Waals surface area contributed by atoms with Gasteiger partial charge in [0.1, 0.15) is 0 Å². The fourth-order valence-corrected chi connectivity index (χ4v) is 2.69. The number of benzene rings is 2. The predicted molar refractivity (Wildman–Crippen MR) is 102 cm³/mol. The summed E-state index contributed by atoms with van der Waals surface area (Å²) in [5, 5.41) is 7.45. The maximum absolute atomic E-state index is 5.99. The second kappa shape index (κ2) is 6.35. The molecule has 3 N–H and O–H groups in total. The quantitative estimate of drug-likeness (QED) is 0.540. The van der Waals surface area contributed by atoms with Gasteiger partial charge in [0.15, 0.2) is 5.11 Å². The maximum atomic E-state index is 5.99. The van der Waals surface area contributed by atoms with Crippen LogP contribution in [0.4, 0.5) is 11.6 Å². The summed E-state index contributed by atoms with van der Waals surface area (Å²) in [4.78, 5) is 7.69. The van der Waals surface area contributed by atoms with Gasteiger partial charge in [0.25, 0.3) is 0 Å². The van der Waals surface area contributed by atoms with Crippen LogP contribution in [0.1, 0.15) is 11.1 Å². The Hall–Kier alpha value is -1.82. The van der Waals surface area contributed by atoms with Crippen molar-refractivity contribution < 1.29 is 0 Å². The minimum absolute atomic E-state index is 0.413. The predicted octanol–water partition coefficient (Wildman–Crippen LogP) is 5.30. The van der Waals surface area contributed by atoms with E-state index in [1.807, 2.05) is 6.07 Å². The van der Waals surface area contributed by atoms with Crippen LogP contribution in [0.3, 0.4) is 0 Å². The summed E-state index contributed by atoms with van der Waals surface area (Å²) in [5.41, 5.74) is 5.02. The summed E-state index contributed by atoms with van der Waals surface area (Å²) < 4.78 is 0. The fourth-order valence-electron chi connectivity index (χ4n) is 2.17. The van der Waals surface area contributed by atoms with E-state index in [1.54, 1.807) is 18.2 Å². The summed E-state index contributed by atoms with van der Waals surface area (Å²) in [6, 6.07) is 9.33. The van der Waals surface area contributed by atoms with Crippen molar-refractivity contribution in [1.82, 2.24) is 9.97 Å². The summed E-state index contributed by atoms with van der Waals surface area (Å²) in [5.74, 6) is 0.586. The third-order valence-electron chi connectivity index (χ3n) is 3.51. The summed E-state index contributed by atoms with van der Waals surface area (Å²) in [7, 11) is 0. The highest BCUT2D eigenvalue weighted by Gasteiger charge is 2.07. The zero-order valence-electron chi connectivity index (χ0n) is 12.5. The van der Waals surface area contributed by atoms with Crippen molar-refractivity contribution in [2.45, 2.75) is 13.8 Å². The number of imidazole rings is 1. The Morgan fingerprint density at radius 2 is 1.78 bits per heavy atom. The molecule has 0 aliphatic rings. The number of thiocarbonyl (C=S) groups is 1. The molecule has 0 unspecified atom stereocenters. The van der Waals surface area contributed by atoms with E-state index in [9.17, 15) is 0 Å². The average molecular weight is 365 g/mol. The first kappa shape index (κ1) is 16.1. The molecule has 7 heteroatoms. The molecular weight excluding hydrogens is 351 g/mol. The standard InChI is InChI=1S/C16H14Cl2N4S/c1-8-5-13-14(6-9(8)2)21-15(20-13)22-16(23)19-10-3-4-11(17)12(18)7-10/h3-7H,1-2H3,(H3,19,20,21,22,23). The van der Waals surface area contributed by atoms with E-state index in [2.05, 4.69) is 40.5 Å². The molecule has 0 radical (unpaired) electrons. The largest absolute Gasteiger partial charge is 0.332 e. The van der Waals surface area contributed by atoms with Crippen LogP contribution >= 0.6 is 35.4 Å². The Bertz CT molecular complexity index is 865. The molecule has 0 spiro atoms. The maximum Gasteiger partial charge on any atom is 0.207 e. The second-order valence-electron chi connectivity index (χ2n) is 5.25. The lowest BCUT2D eigenvalue weighted by atomic mass is 10.1. The third-order valence-corrected chi connectivity index (χ3v) is 4.45. The lowest BCUT2D eigenvalue weighted by Crippen LogP contribution is -2.19. The number of anilines is 2. The molecule has 3 rings (SSSR count). The number of hydrogen-bond acceptors (Lipinski definition) is 2. The molecule has 1 aromatic heterocycles. The smallest absolute Gasteiger partial charge is 0.207 e. The normalized spacial score (nSPS) is 10.8. The highest BCUT2D eigenvalue weighted by Crippen LogP contribution is 2.25. The molecule has 3 aromatic rings. The van der Waals surface area contributed by atoms with Gasteiger partial charge >= 0.3 is 0 Å². The fraction of sp³-hybridized carbons (Fsp3) is 0.125. The number of aryl methyl sites for hydroxylation is 2. The minimum Gasteiger partial charge on any atom is -0.332 e. The lowest BCUT2D eigenvalue weighted by molar-refractivity contribution is 1.33. The Balaban J connectivity index is 1.75.